The average molecular weight is 225 g/mol. The van der Waals surface area contributed by atoms with Crippen LogP contribution in [0, 0.1) is 0 Å². The highest BCUT2D eigenvalue weighted by Crippen LogP contribution is 2.39. The van der Waals surface area contributed by atoms with Crippen LogP contribution in [-0.4, -0.2) is 23.0 Å². The number of phenolic OH excluding ortho intramolecular Hbond substituents is 1. The van der Waals surface area contributed by atoms with Gasteiger partial charge in [-0.05, 0) is 6.07 Å². The maximum Gasteiger partial charge on any atom is 0.305 e. The van der Waals surface area contributed by atoms with Crippen LogP contribution >= 0.6 is 0 Å². The molecular formula is C10H11NO5. The van der Waals surface area contributed by atoms with Gasteiger partial charge < -0.3 is 25.4 Å². The largest absolute Gasteiger partial charge is 0.507 e. The smallest absolute Gasteiger partial charge is 0.305 e. The molecule has 0 aliphatic carbocycles. The lowest BCUT2D eigenvalue weighted by Crippen LogP contribution is -2.15. The zero-order valence-electron chi connectivity index (χ0n) is 8.34. The summed E-state index contributed by atoms with van der Waals surface area (Å²) in [4.78, 5) is 10.5. The molecule has 6 nitrogen and oxygen atoms in total. The topological polar surface area (TPSA) is 102 Å². The first-order valence-electron chi connectivity index (χ1n) is 4.68. The minimum atomic E-state index is -1.02. The maximum absolute atomic E-state index is 10.5. The highest BCUT2D eigenvalue weighted by molar-refractivity contribution is 5.68. The molecule has 1 aromatic rings. The Balaban J connectivity index is 2.30. The minimum absolute atomic E-state index is 0.0852. The van der Waals surface area contributed by atoms with Crippen molar-refractivity contribution in [2.24, 2.45) is 5.73 Å². The van der Waals surface area contributed by atoms with Crippen LogP contribution in [0.25, 0.3) is 0 Å². The number of carbonyl (C=O) groups is 1. The highest BCUT2D eigenvalue weighted by Gasteiger charge is 2.21. The third-order valence-electron chi connectivity index (χ3n) is 2.32. The minimum Gasteiger partial charge on any atom is -0.507 e. The summed E-state index contributed by atoms with van der Waals surface area (Å²) in [6, 6.07) is 2.11. The molecule has 0 spiro atoms. The number of rotatable bonds is 3. The van der Waals surface area contributed by atoms with Crippen LogP contribution in [0.3, 0.4) is 0 Å². The predicted molar refractivity (Wildman–Crippen MR) is 53.4 cm³/mol. The van der Waals surface area contributed by atoms with Gasteiger partial charge in [0.05, 0.1) is 6.42 Å². The van der Waals surface area contributed by atoms with Crippen LogP contribution < -0.4 is 15.2 Å². The number of fused-ring (bicyclic) bond motifs is 1. The second kappa shape index (κ2) is 3.90. The van der Waals surface area contributed by atoms with Crippen LogP contribution in [0.2, 0.25) is 0 Å². The van der Waals surface area contributed by atoms with Gasteiger partial charge in [-0.15, -0.1) is 0 Å². The molecule has 1 aromatic carbocycles. The summed E-state index contributed by atoms with van der Waals surface area (Å²) in [5, 5.41) is 18.3. The SMILES string of the molecule is NC(CC(=O)O)c1cc2c(cc1O)OCO2. The average Bonchev–Trinajstić information content (AvgIpc) is 2.61. The third-order valence-corrected chi connectivity index (χ3v) is 2.32. The standard InChI is InChI=1S/C10H11NO5/c11-6(2-10(13)14)5-1-8-9(3-7(5)12)16-4-15-8/h1,3,6,12H,2,4,11H2,(H,13,14). The van der Waals surface area contributed by atoms with Crippen molar-refractivity contribution in [1.82, 2.24) is 0 Å². The van der Waals surface area contributed by atoms with E-state index in [0.29, 0.717) is 17.1 Å². The molecule has 16 heavy (non-hydrogen) atoms. The summed E-state index contributed by atoms with van der Waals surface area (Å²) in [6.45, 7) is 0.0897. The van der Waals surface area contributed by atoms with E-state index in [1.807, 2.05) is 0 Å². The van der Waals surface area contributed by atoms with Crippen molar-refractivity contribution < 1.29 is 24.5 Å². The summed E-state index contributed by atoms with van der Waals surface area (Å²) >= 11 is 0. The van der Waals surface area contributed by atoms with E-state index < -0.39 is 12.0 Å². The highest BCUT2D eigenvalue weighted by atomic mass is 16.7. The Kier molecular flexibility index (Phi) is 2.57. The molecule has 4 N–H and O–H groups in total. The van der Waals surface area contributed by atoms with E-state index in [1.54, 1.807) is 0 Å². The van der Waals surface area contributed by atoms with E-state index in [4.69, 9.17) is 20.3 Å². The fourth-order valence-corrected chi connectivity index (χ4v) is 1.54. The van der Waals surface area contributed by atoms with Crippen molar-refractivity contribution in [2.45, 2.75) is 12.5 Å². The first-order chi connectivity index (χ1) is 7.58. The Labute approximate surface area is 91.2 Å². The quantitative estimate of drug-likeness (QED) is 0.696. The van der Waals surface area contributed by atoms with Gasteiger partial charge in [-0.3, -0.25) is 4.79 Å². The molecule has 86 valence electrons. The first kappa shape index (κ1) is 10.6. The zero-order valence-corrected chi connectivity index (χ0v) is 8.34. The summed E-state index contributed by atoms with van der Waals surface area (Å²) in [7, 11) is 0. The molecule has 0 amide bonds. The molecule has 1 atom stereocenters. The van der Waals surface area contributed by atoms with Crippen molar-refractivity contribution in [3.8, 4) is 17.2 Å². The predicted octanol–water partition coefficient (Wildman–Crippen LogP) is 0.595. The van der Waals surface area contributed by atoms with Crippen molar-refractivity contribution in [3.63, 3.8) is 0 Å². The second-order valence-corrected chi connectivity index (χ2v) is 3.47. The molecular weight excluding hydrogens is 214 g/mol. The van der Waals surface area contributed by atoms with Crippen molar-refractivity contribution in [3.05, 3.63) is 17.7 Å². The zero-order chi connectivity index (χ0) is 11.7. The molecule has 1 unspecified atom stereocenters. The van der Waals surface area contributed by atoms with Crippen molar-refractivity contribution in [2.75, 3.05) is 6.79 Å². The summed E-state index contributed by atoms with van der Waals surface area (Å²) in [6.07, 6.45) is -0.257. The van der Waals surface area contributed by atoms with Gasteiger partial charge >= 0.3 is 5.97 Å². The lowest BCUT2D eigenvalue weighted by Gasteiger charge is -2.12. The number of carboxylic acid groups (broad SMARTS) is 1. The number of hydrogen-bond acceptors (Lipinski definition) is 5. The summed E-state index contributed by atoms with van der Waals surface area (Å²) in [5.74, 6) is -0.208. The van der Waals surface area contributed by atoms with Crippen LogP contribution in [0.5, 0.6) is 17.2 Å². The Morgan fingerprint density at radius 1 is 1.44 bits per heavy atom. The number of benzene rings is 1. The Morgan fingerprint density at radius 2 is 2.06 bits per heavy atom. The van der Waals surface area contributed by atoms with Gasteiger partial charge in [-0.25, -0.2) is 0 Å². The van der Waals surface area contributed by atoms with Crippen LogP contribution in [-0.2, 0) is 4.79 Å². The molecule has 0 bridgehead atoms. The van der Waals surface area contributed by atoms with Gasteiger partial charge in [0, 0.05) is 17.7 Å². The van der Waals surface area contributed by atoms with Gasteiger partial charge in [0.1, 0.15) is 5.75 Å². The lowest BCUT2D eigenvalue weighted by atomic mass is 10.0. The van der Waals surface area contributed by atoms with E-state index >= 15 is 0 Å². The maximum atomic E-state index is 10.5. The van der Waals surface area contributed by atoms with E-state index in [0.717, 1.165) is 0 Å². The van der Waals surface area contributed by atoms with E-state index in [2.05, 4.69) is 0 Å². The fourth-order valence-electron chi connectivity index (χ4n) is 1.54. The van der Waals surface area contributed by atoms with Gasteiger partial charge in [0.2, 0.25) is 6.79 Å². The third kappa shape index (κ3) is 1.87. The van der Waals surface area contributed by atoms with Crippen LogP contribution in [0.4, 0.5) is 0 Å². The monoisotopic (exact) mass is 225 g/mol. The van der Waals surface area contributed by atoms with Crippen molar-refractivity contribution in [1.29, 1.82) is 0 Å². The molecule has 0 saturated carbocycles. The summed E-state index contributed by atoms with van der Waals surface area (Å²) in [5.41, 5.74) is 5.99. The number of aromatic hydroxyl groups is 1. The van der Waals surface area contributed by atoms with Gasteiger partial charge in [0.15, 0.2) is 11.5 Å². The summed E-state index contributed by atoms with van der Waals surface area (Å²) < 4.78 is 10.2. The number of nitrogens with two attached hydrogens (primary N) is 1. The molecule has 0 fully saturated rings. The molecule has 0 aromatic heterocycles. The molecule has 0 radical (unpaired) electrons. The number of carboxylic acids is 1. The lowest BCUT2D eigenvalue weighted by molar-refractivity contribution is -0.137. The molecule has 1 heterocycles. The molecule has 1 aliphatic heterocycles. The van der Waals surface area contributed by atoms with Crippen molar-refractivity contribution >= 4 is 5.97 Å². The number of ether oxygens (including phenoxy) is 2. The Hall–Kier alpha value is -1.95. The van der Waals surface area contributed by atoms with Gasteiger partial charge in [-0.2, -0.15) is 0 Å². The van der Waals surface area contributed by atoms with Gasteiger partial charge in [-0.1, -0.05) is 0 Å². The van der Waals surface area contributed by atoms with Crippen LogP contribution in [0.15, 0.2) is 12.1 Å². The van der Waals surface area contributed by atoms with E-state index in [-0.39, 0.29) is 19.0 Å². The van der Waals surface area contributed by atoms with Crippen LogP contribution in [0.1, 0.15) is 18.0 Å². The normalized spacial score (nSPS) is 14.8. The Morgan fingerprint density at radius 3 is 2.69 bits per heavy atom. The Bertz CT molecular complexity index is 431. The first-order valence-corrected chi connectivity index (χ1v) is 4.68. The second-order valence-electron chi connectivity index (χ2n) is 3.47. The molecule has 2 rings (SSSR count). The van der Waals surface area contributed by atoms with E-state index in [9.17, 15) is 9.90 Å². The molecule has 0 saturated heterocycles. The van der Waals surface area contributed by atoms with Gasteiger partial charge in [0.25, 0.3) is 0 Å². The number of phenols is 1. The molecule has 6 heteroatoms. The van der Waals surface area contributed by atoms with E-state index in [1.165, 1.54) is 12.1 Å². The number of hydrogen-bond donors (Lipinski definition) is 3. The number of aliphatic carboxylic acids is 1. The fraction of sp³-hybridized carbons (Fsp3) is 0.300. The molecule has 1 aliphatic rings.